The number of benzene rings is 1. The van der Waals surface area contributed by atoms with Crippen molar-refractivity contribution in [3.8, 4) is 0 Å². The third kappa shape index (κ3) is 4.59. The molecule has 0 bridgehead atoms. The van der Waals surface area contributed by atoms with Crippen LogP contribution in [-0.2, 0) is 6.54 Å². The number of rotatable bonds is 6. The van der Waals surface area contributed by atoms with Crippen molar-refractivity contribution in [2.75, 3.05) is 25.5 Å². The molecule has 0 saturated heterocycles. The van der Waals surface area contributed by atoms with Crippen molar-refractivity contribution < 1.29 is 4.39 Å². The number of nitrogens with zero attached hydrogens (tertiary/aromatic N) is 3. The lowest BCUT2D eigenvalue weighted by Crippen LogP contribution is -2.25. The van der Waals surface area contributed by atoms with Crippen molar-refractivity contribution in [1.82, 2.24) is 14.9 Å². The number of aromatic nitrogens is 2. The second-order valence-corrected chi connectivity index (χ2v) is 4.88. The monoisotopic (exact) mass is 274 g/mol. The van der Waals surface area contributed by atoms with Gasteiger partial charge in [0, 0.05) is 32.0 Å². The largest absolute Gasteiger partial charge is 0.353 e. The normalized spacial score (nSPS) is 10.8. The first-order valence-corrected chi connectivity index (χ1v) is 6.59. The number of aryl methyl sites for hydroxylation is 1. The molecule has 1 aromatic carbocycles. The maximum absolute atomic E-state index is 12.8. The lowest BCUT2D eigenvalue weighted by molar-refractivity contribution is 0.339. The highest BCUT2D eigenvalue weighted by Crippen LogP contribution is 2.05. The first-order valence-electron chi connectivity index (χ1n) is 6.59. The second-order valence-electron chi connectivity index (χ2n) is 4.88. The molecule has 1 N–H and O–H groups in total. The van der Waals surface area contributed by atoms with E-state index in [1.165, 1.54) is 12.1 Å². The Morgan fingerprint density at radius 3 is 2.45 bits per heavy atom. The molecule has 0 unspecified atom stereocenters. The Labute approximate surface area is 118 Å². The lowest BCUT2D eigenvalue weighted by atomic mass is 10.2. The summed E-state index contributed by atoms with van der Waals surface area (Å²) in [5.74, 6) is 0.445. The molecule has 0 aliphatic carbocycles. The van der Waals surface area contributed by atoms with Gasteiger partial charge in [-0.25, -0.2) is 14.4 Å². The molecular formula is C15H19FN4. The van der Waals surface area contributed by atoms with Gasteiger partial charge in [0.15, 0.2) is 0 Å². The van der Waals surface area contributed by atoms with Crippen LogP contribution in [0.1, 0.15) is 11.1 Å². The molecule has 0 aliphatic rings. The summed E-state index contributed by atoms with van der Waals surface area (Å²) in [6, 6.07) is 6.59. The molecule has 0 atom stereocenters. The molecular weight excluding hydrogens is 255 g/mol. The van der Waals surface area contributed by atoms with Gasteiger partial charge in [0.2, 0.25) is 5.95 Å². The maximum atomic E-state index is 12.8. The molecule has 106 valence electrons. The average molecular weight is 274 g/mol. The van der Waals surface area contributed by atoms with Gasteiger partial charge in [-0.15, -0.1) is 0 Å². The van der Waals surface area contributed by atoms with Crippen molar-refractivity contribution in [1.29, 1.82) is 0 Å². The summed E-state index contributed by atoms with van der Waals surface area (Å²) in [7, 11) is 2.03. The number of likely N-dealkylation sites (N-methyl/N-ethyl adjacent to an activating group) is 1. The van der Waals surface area contributed by atoms with Crippen LogP contribution in [0.15, 0.2) is 36.7 Å². The van der Waals surface area contributed by atoms with Gasteiger partial charge in [0.25, 0.3) is 0 Å². The maximum Gasteiger partial charge on any atom is 0.222 e. The van der Waals surface area contributed by atoms with E-state index < -0.39 is 0 Å². The van der Waals surface area contributed by atoms with E-state index in [0.29, 0.717) is 5.95 Å². The van der Waals surface area contributed by atoms with E-state index in [4.69, 9.17) is 0 Å². The van der Waals surface area contributed by atoms with Crippen molar-refractivity contribution in [2.24, 2.45) is 0 Å². The van der Waals surface area contributed by atoms with E-state index in [1.54, 1.807) is 12.4 Å². The van der Waals surface area contributed by atoms with Crippen molar-refractivity contribution in [2.45, 2.75) is 13.5 Å². The van der Waals surface area contributed by atoms with Crippen LogP contribution >= 0.6 is 0 Å². The Bertz CT molecular complexity index is 525. The van der Waals surface area contributed by atoms with Crippen molar-refractivity contribution in [3.63, 3.8) is 0 Å². The fraction of sp³-hybridized carbons (Fsp3) is 0.333. The lowest BCUT2D eigenvalue weighted by Gasteiger charge is -2.17. The standard InChI is InChI=1S/C15H19FN4/c1-12-9-18-15(19-10-12)17-7-8-20(2)11-13-3-5-14(16)6-4-13/h3-6,9-10H,7-8,11H2,1-2H3,(H,17,18,19). The highest BCUT2D eigenvalue weighted by Gasteiger charge is 2.01. The SMILES string of the molecule is Cc1cnc(NCCN(C)Cc2ccc(F)cc2)nc1. The van der Waals surface area contributed by atoms with Gasteiger partial charge in [-0.1, -0.05) is 12.1 Å². The Morgan fingerprint density at radius 2 is 1.80 bits per heavy atom. The van der Waals surface area contributed by atoms with Gasteiger partial charge >= 0.3 is 0 Å². The summed E-state index contributed by atoms with van der Waals surface area (Å²) in [5.41, 5.74) is 2.14. The van der Waals surface area contributed by atoms with E-state index in [0.717, 1.165) is 30.8 Å². The van der Waals surface area contributed by atoms with E-state index in [-0.39, 0.29) is 5.82 Å². The first kappa shape index (κ1) is 14.4. The van der Waals surface area contributed by atoms with Crippen LogP contribution in [0.25, 0.3) is 0 Å². The molecule has 1 heterocycles. The summed E-state index contributed by atoms with van der Waals surface area (Å²) in [5, 5.41) is 3.17. The predicted molar refractivity (Wildman–Crippen MR) is 78.0 cm³/mol. The van der Waals surface area contributed by atoms with Gasteiger partial charge in [-0.05, 0) is 37.2 Å². The highest BCUT2D eigenvalue weighted by atomic mass is 19.1. The predicted octanol–water partition coefficient (Wildman–Crippen LogP) is 2.47. The first-order chi connectivity index (χ1) is 9.63. The molecule has 20 heavy (non-hydrogen) atoms. The van der Waals surface area contributed by atoms with Crippen LogP contribution < -0.4 is 5.32 Å². The third-order valence-electron chi connectivity index (χ3n) is 2.92. The van der Waals surface area contributed by atoms with Crippen LogP contribution in [0.4, 0.5) is 10.3 Å². The minimum Gasteiger partial charge on any atom is -0.353 e. The number of hydrogen-bond acceptors (Lipinski definition) is 4. The summed E-state index contributed by atoms with van der Waals surface area (Å²) >= 11 is 0. The summed E-state index contributed by atoms with van der Waals surface area (Å²) in [6.07, 6.45) is 3.58. The Kier molecular flexibility index (Phi) is 5.01. The van der Waals surface area contributed by atoms with E-state index in [2.05, 4.69) is 20.2 Å². The van der Waals surface area contributed by atoms with E-state index in [9.17, 15) is 4.39 Å². The van der Waals surface area contributed by atoms with E-state index >= 15 is 0 Å². The van der Waals surface area contributed by atoms with Crippen LogP contribution in [0, 0.1) is 12.7 Å². The Hall–Kier alpha value is -2.01. The molecule has 5 heteroatoms. The topological polar surface area (TPSA) is 41.1 Å². The van der Waals surface area contributed by atoms with Gasteiger partial charge in [0.05, 0.1) is 0 Å². The smallest absolute Gasteiger partial charge is 0.222 e. The molecule has 0 saturated carbocycles. The quantitative estimate of drug-likeness (QED) is 0.878. The molecule has 2 rings (SSSR count). The fourth-order valence-corrected chi connectivity index (χ4v) is 1.82. The molecule has 0 radical (unpaired) electrons. The molecule has 0 amide bonds. The van der Waals surface area contributed by atoms with Gasteiger partial charge in [0.1, 0.15) is 5.82 Å². The molecule has 2 aromatic rings. The van der Waals surface area contributed by atoms with Crippen molar-refractivity contribution in [3.05, 3.63) is 53.6 Å². The second kappa shape index (κ2) is 6.96. The Balaban J connectivity index is 1.73. The van der Waals surface area contributed by atoms with Gasteiger partial charge in [-0.3, -0.25) is 0 Å². The molecule has 0 spiro atoms. The van der Waals surface area contributed by atoms with Crippen LogP contribution in [0.2, 0.25) is 0 Å². The highest BCUT2D eigenvalue weighted by molar-refractivity contribution is 5.24. The van der Waals surface area contributed by atoms with Crippen LogP contribution in [-0.4, -0.2) is 35.0 Å². The molecule has 0 fully saturated rings. The number of hydrogen-bond donors (Lipinski definition) is 1. The zero-order chi connectivity index (χ0) is 14.4. The van der Waals surface area contributed by atoms with Crippen LogP contribution in [0.3, 0.4) is 0 Å². The minimum atomic E-state index is -0.199. The van der Waals surface area contributed by atoms with E-state index in [1.807, 2.05) is 26.1 Å². The minimum absolute atomic E-state index is 0.199. The number of nitrogens with one attached hydrogen (secondary N) is 1. The molecule has 0 aliphatic heterocycles. The van der Waals surface area contributed by atoms with Gasteiger partial charge < -0.3 is 10.2 Å². The summed E-state index contributed by atoms with van der Waals surface area (Å²) in [4.78, 5) is 10.5. The zero-order valence-corrected chi connectivity index (χ0v) is 11.8. The van der Waals surface area contributed by atoms with Gasteiger partial charge in [-0.2, -0.15) is 0 Å². The molecule has 1 aromatic heterocycles. The average Bonchev–Trinajstić information content (AvgIpc) is 2.44. The van der Waals surface area contributed by atoms with Crippen molar-refractivity contribution >= 4 is 5.95 Å². The Morgan fingerprint density at radius 1 is 1.15 bits per heavy atom. The zero-order valence-electron chi connectivity index (χ0n) is 11.8. The fourth-order valence-electron chi connectivity index (χ4n) is 1.82. The number of anilines is 1. The summed E-state index contributed by atoms with van der Waals surface area (Å²) in [6.45, 7) is 4.37. The molecule has 4 nitrogen and oxygen atoms in total. The number of halogens is 1. The van der Waals surface area contributed by atoms with Crippen LogP contribution in [0.5, 0.6) is 0 Å². The summed E-state index contributed by atoms with van der Waals surface area (Å²) < 4.78 is 12.8. The third-order valence-corrected chi connectivity index (χ3v) is 2.92.